The molecule has 1 aliphatic carbocycles. The van der Waals surface area contributed by atoms with E-state index >= 15 is 0 Å². The Bertz CT molecular complexity index is 640. The number of aromatic hydroxyl groups is 1. The summed E-state index contributed by atoms with van der Waals surface area (Å²) in [5.41, 5.74) is 0.541. The molecule has 5 nitrogen and oxygen atoms in total. The van der Waals surface area contributed by atoms with Crippen molar-refractivity contribution >= 4 is 33.4 Å². The quantitative estimate of drug-likeness (QED) is 0.567. The lowest BCUT2D eigenvalue weighted by Crippen LogP contribution is -2.36. The number of hydrogen-bond donors (Lipinski definition) is 3. The fourth-order valence-electron chi connectivity index (χ4n) is 2.21. The third-order valence-electron chi connectivity index (χ3n) is 3.37. The SMILES string of the molecule is C=CC(=O)Nc1ccc(O)c(C(=O)NC2CCCC=C2Br)c1. The molecule has 2 rings (SSSR count). The van der Waals surface area contributed by atoms with Gasteiger partial charge in [-0.15, -0.1) is 0 Å². The molecule has 3 N–H and O–H groups in total. The third kappa shape index (κ3) is 3.98. The van der Waals surface area contributed by atoms with E-state index in [0.29, 0.717) is 5.69 Å². The highest BCUT2D eigenvalue weighted by molar-refractivity contribution is 9.11. The van der Waals surface area contributed by atoms with Gasteiger partial charge in [0.1, 0.15) is 5.75 Å². The number of rotatable bonds is 4. The zero-order chi connectivity index (χ0) is 16.1. The first kappa shape index (κ1) is 16.3. The van der Waals surface area contributed by atoms with Crippen LogP contribution in [-0.4, -0.2) is 23.0 Å². The Kier molecular flexibility index (Phi) is 5.38. The molecule has 116 valence electrons. The molecule has 2 amide bonds. The predicted molar refractivity (Wildman–Crippen MR) is 89.0 cm³/mol. The Morgan fingerprint density at radius 3 is 2.86 bits per heavy atom. The second-order valence-electron chi connectivity index (χ2n) is 4.97. The summed E-state index contributed by atoms with van der Waals surface area (Å²) in [5, 5.41) is 15.3. The molecular weight excluding hydrogens is 348 g/mol. The highest BCUT2D eigenvalue weighted by Crippen LogP contribution is 2.25. The number of benzene rings is 1. The van der Waals surface area contributed by atoms with Crippen LogP contribution < -0.4 is 10.6 Å². The molecule has 0 saturated carbocycles. The lowest BCUT2D eigenvalue weighted by molar-refractivity contribution is -0.111. The largest absolute Gasteiger partial charge is 0.507 e. The molecule has 0 heterocycles. The number of carbonyl (C=O) groups excluding carboxylic acids is 2. The van der Waals surface area contributed by atoms with Crippen LogP contribution in [0.1, 0.15) is 29.6 Å². The minimum atomic E-state index is -0.385. The molecule has 1 unspecified atom stereocenters. The van der Waals surface area contributed by atoms with E-state index in [2.05, 4.69) is 33.1 Å². The summed E-state index contributed by atoms with van der Waals surface area (Å²) in [4.78, 5) is 23.6. The minimum absolute atomic E-state index is 0.0907. The summed E-state index contributed by atoms with van der Waals surface area (Å²) in [5.74, 6) is -0.899. The molecule has 0 radical (unpaired) electrons. The van der Waals surface area contributed by atoms with Crippen LogP contribution in [0.4, 0.5) is 5.69 Å². The van der Waals surface area contributed by atoms with Crippen LogP contribution in [-0.2, 0) is 4.79 Å². The van der Waals surface area contributed by atoms with E-state index in [9.17, 15) is 14.7 Å². The molecule has 1 atom stereocenters. The van der Waals surface area contributed by atoms with Crippen LogP contribution in [0, 0.1) is 0 Å². The molecule has 0 bridgehead atoms. The standard InChI is InChI=1S/C16H17BrN2O3/c1-2-15(21)18-10-7-8-14(20)11(9-10)16(22)19-13-6-4-3-5-12(13)17/h2,5,7-9,13,20H,1,3-4,6H2,(H,18,21)(H,19,22). The maximum atomic E-state index is 12.3. The van der Waals surface area contributed by atoms with Crippen molar-refractivity contribution in [3.05, 3.63) is 47.0 Å². The number of phenolic OH excluding ortho intramolecular Hbond substituents is 1. The van der Waals surface area contributed by atoms with Gasteiger partial charge in [-0.25, -0.2) is 0 Å². The smallest absolute Gasteiger partial charge is 0.255 e. The molecule has 1 aliphatic rings. The number of phenols is 1. The second kappa shape index (κ2) is 7.26. The normalized spacial score (nSPS) is 17.3. The van der Waals surface area contributed by atoms with Crippen molar-refractivity contribution in [2.24, 2.45) is 0 Å². The van der Waals surface area contributed by atoms with Gasteiger partial charge in [0.2, 0.25) is 5.91 Å². The first-order chi connectivity index (χ1) is 10.5. The molecule has 0 aromatic heterocycles. The summed E-state index contributed by atoms with van der Waals surface area (Å²) in [7, 11) is 0. The number of carbonyl (C=O) groups is 2. The Labute approximate surface area is 137 Å². The van der Waals surface area contributed by atoms with Crippen molar-refractivity contribution in [2.45, 2.75) is 25.3 Å². The van der Waals surface area contributed by atoms with Crippen LogP contribution in [0.2, 0.25) is 0 Å². The molecule has 0 aliphatic heterocycles. The van der Waals surface area contributed by atoms with Crippen molar-refractivity contribution in [1.29, 1.82) is 0 Å². The first-order valence-corrected chi connectivity index (χ1v) is 7.73. The molecule has 1 aromatic rings. The first-order valence-electron chi connectivity index (χ1n) is 6.94. The lowest BCUT2D eigenvalue weighted by atomic mass is 10.0. The molecular formula is C16H17BrN2O3. The number of anilines is 1. The van der Waals surface area contributed by atoms with Crippen LogP contribution >= 0.6 is 15.9 Å². The fourth-order valence-corrected chi connectivity index (χ4v) is 2.78. The van der Waals surface area contributed by atoms with Crippen molar-refractivity contribution < 1.29 is 14.7 Å². The predicted octanol–water partition coefficient (Wildman–Crippen LogP) is 3.08. The van der Waals surface area contributed by atoms with E-state index in [4.69, 9.17) is 0 Å². The van der Waals surface area contributed by atoms with Crippen LogP contribution in [0.15, 0.2) is 41.4 Å². The van der Waals surface area contributed by atoms with E-state index < -0.39 is 0 Å². The van der Waals surface area contributed by atoms with Crippen molar-refractivity contribution in [3.63, 3.8) is 0 Å². The molecule has 1 aromatic carbocycles. The molecule has 0 fully saturated rings. The van der Waals surface area contributed by atoms with Crippen LogP contribution in [0.3, 0.4) is 0 Å². The molecule has 22 heavy (non-hydrogen) atoms. The molecule has 0 spiro atoms. The summed E-state index contributed by atoms with van der Waals surface area (Å²) in [6, 6.07) is 4.24. The van der Waals surface area contributed by atoms with Gasteiger partial charge in [-0.3, -0.25) is 9.59 Å². The van der Waals surface area contributed by atoms with Gasteiger partial charge in [0.25, 0.3) is 5.91 Å². The van der Waals surface area contributed by atoms with E-state index in [1.807, 2.05) is 6.08 Å². The number of amides is 2. The highest BCUT2D eigenvalue weighted by atomic mass is 79.9. The summed E-state index contributed by atoms with van der Waals surface area (Å²) >= 11 is 3.45. The van der Waals surface area contributed by atoms with Crippen LogP contribution in [0.25, 0.3) is 0 Å². The number of halogens is 1. The number of nitrogens with one attached hydrogen (secondary N) is 2. The number of hydrogen-bond acceptors (Lipinski definition) is 3. The van der Waals surface area contributed by atoms with Gasteiger partial charge in [-0.1, -0.05) is 28.6 Å². The van der Waals surface area contributed by atoms with Gasteiger partial charge in [-0.2, -0.15) is 0 Å². The monoisotopic (exact) mass is 364 g/mol. The lowest BCUT2D eigenvalue weighted by Gasteiger charge is -2.22. The van der Waals surface area contributed by atoms with E-state index in [-0.39, 0.29) is 29.2 Å². The van der Waals surface area contributed by atoms with Crippen molar-refractivity contribution in [1.82, 2.24) is 5.32 Å². The summed E-state index contributed by atoms with van der Waals surface area (Å²) in [6.07, 6.45) is 6.00. The zero-order valence-corrected chi connectivity index (χ0v) is 13.5. The minimum Gasteiger partial charge on any atom is -0.507 e. The Morgan fingerprint density at radius 1 is 1.41 bits per heavy atom. The van der Waals surface area contributed by atoms with E-state index in [0.717, 1.165) is 29.8 Å². The fraction of sp³-hybridized carbons (Fsp3) is 0.250. The maximum absolute atomic E-state index is 12.3. The Morgan fingerprint density at radius 2 is 2.18 bits per heavy atom. The van der Waals surface area contributed by atoms with Crippen molar-refractivity contribution in [3.8, 4) is 5.75 Å². The highest BCUT2D eigenvalue weighted by Gasteiger charge is 2.20. The summed E-state index contributed by atoms with van der Waals surface area (Å²) < 4.78 is 0.947. The van der Waals surface area contributed by atoms with Gasteiger partial charge in [0.05, 0.1) is 11.6 Å². The van der Waals surface area contributed by atoms with E-state index in [1.165, 1.54) is 18.2 Å². The third-order valence-corrected chi connectivity index (χ3v) is 4.24. The van der Waals surface area contributed by atoms with Gasteiger partial charge in [-0.05, 0) is 43.5 Å². The van der Waals surface area contributed by atoms with Gasteiger partial charge in [0.15, 0.2) is 0 Å². The van der Waals surface area contributed by atoms with Gasteiger partial charge < -0.3 is 15.7 Å². The van der Waals surface area contributed by atoms with E-state index in [1.54, 1.807) is 0 Å². The topological polar surface area (TPSA) is 78.4 Å². The van der Waals surface area contributed by atoms with Gasteiger partial charge in [0, 0.05) is 10.2 Å². The average molecular weight is 365 g/mol. The second-order valence-corrected chi connectivity index (χ2v) is 5.89. The average Bonchev–Trinajstić information content (AvgIpc) is 2.51. The molecule has 6 heteroatoms. The van der Waals surface area contributed by atoms with Crippen molar-refractivity contribution in [2.75, 3.05) is 5.32 Å². The van der Waals surface area contributed by atoms with Crippen LogP contribution in [0.5, 0.6) is 5.75 Å². The zero-order valence-electron chi connectivity index (χ0n) is 11.9. The summed E-state index contributed by atoms with van der Waals surface area (Å²) in [6.45, 7) is 3.37. The Hall–Kier alpha value is -2.08. The van der Waals surface area contributed by atoms with Gasteiger partial charge >= 0.3 is 0 Å². The number of allylic oxidation sites excluding steroid dienone is 1. The maximum Gasteiger partial charge on any atom is 0.255 e. The molecule has 0 saturated heterocycles. The Balaban J connectivity index is 2.16.